The molecule has 0 radical (unpaired) electrons. The van der Waals surface area contributed by atoms with Crippen LogP contribution in [-0.2, 0) is 4.79 Å². The van der Waals surface area contributed by atoms with Gasteiger partial charge in [0.2, 0.25) is 0 Å². The Morgan fingerprint density at radius 2 is 2.39 bits per heavy atom. The minimum atomic E-state index is -0.335. The number of hydrogen-bond donors (Lipinski definition) is 0. The summed E-state index contributed by atoms with van der Waals surface area (Å²) >= 11 is 0. The van der Waals surface area contributed by atoms with Gasteiger partial charge >= 0.3 is 0 Å². The first kappa shape index (κ1) is 12.0. The van der Waals surface area contributed by atoms with Crippen molar-refractivity contribution in [3.05, 3.63) is 36.5 Å². The second kappa shape index (κ2) is 3.94. The van der Waals surface area contributed by atoms with Crippen molar-refractivity contribution >= 4 is 5.78 Å². The molecule has 0 aromatic heterocycles. The summed E-state index contributed by atoms with van der Waals surface area (Å²) in [7, 11) is 0. The molecule has 0 amide bonds. The largest absolute Gasteiger partial charge is 0.298 e. The molecular formula is C17H22O. The van der Waals surface area contributed by atoms with Crippen molar-refractivity contribution in [3.63, 3.8) is 0 Å². The van der Waals surface area contributed by atoms with E-state index in [-0.39, 0.29) is 16.7 Å². The molecule has 1 nitrogen and oxygen atoms in total. The molecule has 1 fully saturated rings. The van der Waals surface area contributed by atoms with Gasteiger partial charge in [0.25, 0.3) is 0 Å². The summed E-state index contributed by atoms with van der Waals surface area (Å²) in [6.45, 7) is 6.25. The van der Waals surface area contributed by atoms with E-state index in [1.807, 2.05) is 6.08 Å². The lowest BCUT2D eigenvalue weighted by Crippen LogP contribution is -2.50. The number of ketones is 1. The van der Waals surface area contributed by atoms with E-state index in [4.69, 9.17) is 0 Å². The maximum absolute atomic E-state index is 12.8. The van der Waals surface area contributed by atoms with Gasteiger partial charge in [-0.25, -0.2) is 0 Å². The molecule has 3 atom stereocenters. The molecule has 96 valence electrons. The van der Waals surface area contributed by atoms with E-state index >= 15 is 0 Å². The SMILES string of the molecule is C=CC[C@@]12C=CC[C@@H](C[C@@]3(C)CCCC=C31)C2=O. The number of carbonyl (C=O) groups is 1. The van der Waals surface area contributed by atoms with Gasteiger partial charge in [0.1, 0.15) is 0 Å². The van der Waals surface area contributed by atoms with Crippen molar-refractivity contribution < 1.29 is 4.79 Å². The molecule has 0 aliphatic heterocycles. The molecule has 1 heteroatoms. The zero-order valence-corrected chi connectivity index (χ0v) is 11.2. The Morgan fingerprint density at radius 3 is 3.17 bits per heavy atom. The molecule has 0 spiro atoms. The standard InChI is InChI=1S/C17H22O/c1-3-9-17-11-6-7-13(15(17)18)12-16(2)10-5-4-8-14(16)17/h3,6,8,11,13H,1,4-5,7,9-10,12H2,2H3/t13-,16+,17+/m0/s1. The molecule has 0 aromatic carbocycles. The third-order valence-corrected chi connectivity index (χ3v) is 5.21. The number of Topliss-reactive ketones (excluding diaryl/α,β-unsaturated/α-hetero) is 1. The summed E-state index contributed by atoms with van der Waals surface area (Å²) < 4.78 is 0. The van der Waals surface area contributed by atoms with E-state index in [0.29, 0.717) is 5.78 Å². The molecule has 0 heterocycles. The second-order valence-corrected chi connectivity index (χ2v) is 6.44. The molecule has 0 unspecified atom stereocenters. The quantitative estimate of drug-likeness (QED) is 0.663. The first-order chi connectivity index (χ1) is 8.62. The Morgan fingerprint density at radius 1 is 1.56 bits per heavy atom. The Labute approximate surface area is 110 Å². The Kier molecular flexibility index (Phi) is 2.62. The van der Waals surface area contributed by atoms with E-state index in [0.717, 1.165) is 25.7 Å². The fraction of sp³-hybridized carbons (Fsp3) is 0.588. The van der Waals surface area contributed by atoms with Crippen LogP contribution in [0, 0.1) is 16.7 Å². The van der Waals surface area contributed by atoms with E-state index in [1.54, 1.807) is 0 Å². The number of rotatable bonds is 2. The predicted molar refractivity (Wildman–Crippen MR) is 74.2 cm³/mol. The van der Waals surface area contributed by atoms with Gasteiger partial charge in [-0.3, -0.25) is 4.79 Å². The third kappa shape index (κ3) is 1.43. The topological polar surface area (TPSA) is 17.1 Å². The second-order valence-electron chi connectivity index (χ2n) is 6.44. The molecule has 3 aliphatic rings. The van der Waals surface area contributed by atoms with Crippen LogP contribution >= 0.6 is 0 Å². The maximum Gasteiger partial charge on any atom is 0.150 e. The highest BCUT2D eigenvalue weighted by molar-refractivity contribution is 5.95. The summed E-state index contributed by atoms with van der Waals surface area (Å²) in [5.41, 5.74) is 1.32. The molecule has 3 rings (SSSR count). The van der Waals surface area contributed by atoms with Crippen molar-refractivity contribution in [1.82, 2.24) is 0 Å². The van der Waals surface area contributed by atoms with E-state index < -0.39 is 0 Å². The highest BCUT2D eigenvalue weighted by atomic mass is 16.1. The third-order valence-electron chi connectivity index (χ3n) is 5.21. The highest BCUT2D eigenvalue weighted by Gasteiger charge is 2.55. The van der Waals surface area contributed by atoms with Crippen LogP contribution < -0.4 is 0 Å². The molecule has 18 heavy (non-hydrogen) atoms. The summed E-state index contributed by atoms with van der Waals surface area (Å²) in [6.07, 6.45) is 15.1. The monoisotopic (exact) mass is 242 g/mol. The van der Waals surface area contributed by atoms with Crippen LogP contribution in [0.2, 0.25) is 0 Å². The van der Waals surface area contributed by atoms with Gasteiger partial charge in [0.15, 0.2) is 5.78 Å². The zero-order chi connectivity index (χ0) is 12.8. The molecule has 0 aromatic rings. The molecule has 1 saturated carbocycles. The number of hydrogen-bond acceptors (Lipinski definition) is 1. The minimum absolute atomic E-state index is 0.246. The van der Waals surface area contributed by atoms with Gasteiger partial charge in [-0.05, 0) is 43.9 Å². The minimum Gasteiger partial charge on any atom is -0.298 e. The lowest BCUT2D eigenvalue weighted by atomic mass is 9.49. The Bertz CT molecular complexity index is 456. The fourth-order valence-corrected chi connectivity index (χ4v) is 4.49. The lowest BCUT2D eigenvalue weighted by molar-refractivity contribution is -0.134. The predicted octanol–water partition coefficient (Wildman–Crippen LogP) is 4.21. The average Bonchev–Trinajstić information content (AvgIpc) is 2.33. The van der Waals surface area contributed by atoms with Gasteiger partial charge < -0.3 is 0 Å². The van der Waals surface area contributed by atoms with Crippen molar-refractivity contribution in [2.45, 2.75) is 45.4 Å². The molecule has 2 bridgehead atoms. The summed E-state index contributed by atoms with van der Waals surface area (Å²) in [4.78, 5) is 12.8. The summed E-state index contributed by atoms with van der Waals surface area (Å²) in [6, 6.07) is 0. The van der Waals surface area contributed by atoms with Crippen LogP contribution in [-0.4, -0.2) is 5.78 Å². The van der Waals surface area contributed by atoms with Crippen LogP contribution in [0.25, 0.3) is 0 Å². The Hall–Kier alpha value is -1.11. The smallest absolute Gasteiger partial charge is 0.150 e. The van der Waals surface area contributed by atoms with Crippen LogP contribution in [0.4, 0.5) is 0 Å². The van der Waals surface area contributed by atoms with Crippen molar-refractivity contribution in [2.24, 2.45) is 16.7 Å². The molecule has 0 N–H and O–H groups in total. The van der Waals surface area contributed by atoms with Gasteiger partial charge in [-0.15, -0.1) is 6.58 Å². The van der Waals surface area contributed by atoms with Crippen molar-refractivity contribution in [3.8, 4) is 0 Å². The van der Waals surface area contributed by atoms with Gasteiger partial charge in [0, 0.05) is 5.92 Å². The van der Waals surface area contributed by atoms with Gasteiger partial charge in [-0.1, -0.05) is 36.8 Å². The highest BCUT2D eigenvalue weighted by Crippen LogP contribution is 2.59. The van der Waals surface area contributed by atoms with E-state index in [2.05, 4.69) is 31.7 Å². The Balaban J connectivity index is 2.17. The van der Waals surface area contributed by atoms with Crippen LogP contribution in [0.3, 0.4) is 0 Å². The van der Waals surface area contributed by atoms with Gasteiger partial charge in [0.05, 0.1) is 5.41 Å². The maximum atomic E-state index is 12.8. The van der Waals surface area contributed by atoms with Crippen LogP contribution in [0.1, 0.15) is 45.4 Å². The lowest BCUT2D eigenvalue weighted by Gasteiger charge is -2.53. The van der Waals surface area contributed by atoms with Crippen LogP contribution in [0.5, 0.6) is 0 Å². The van der Waals surface area contributed by atoms with Crippen molar-refractivity contribution in [1.29, 1.82) is 0 Å². The molecule has 0 saturated heterocycles. The average molecular weight is 242 g/mol. The summed E-state index contributed by atoms with van der Waals surface area (Å²) in [5.74, 6) is 0.700. The number of allylic oxidation sites excluding steroid dienone is 5. The normalized spacial score (nSPS) is 42.2. The first-order valence-corrected chi connectivity index (χ1v) is 7.16. The van der Waals surface area contributed by atoms with Crippen LogP contribution in [0.15, 0.2) is 36.5 Å². The zero-order valence-electron chi connectivity index (χ0n) is 11.2. The summed E-state index contributed by atoms with van der Waals surface area (Å²) in [5, 5.41) is 0. The van der Waals surface area contributed by atoms with Gasteiger partial charge in [-0.2, -0.15) is 0 Å². The molecular weight excluding hydrogens is 220 g/mol. The molecule has 3 aliphatic carbocycles. The first-order valence-electron chi connectivity index (χ1n) is 7.16. The van der Waals surface area contributed by atoms with E-state index in [9.17, 15) is 4.79 Å². The number of fused-ring (bicyclic) bond motifs is 4. The number of carbonyl (C=O) groups excluding carboxylic acids is 1. The fourth-order valence-electron chi connectivity index (χ4n) is 4.49. The van der Waals surface area contributed by atoms with E-state index in [1.165, 1.54) is 18.4 Å². The van der Waals surface area contributed by atoms with Crippen molar-refractivity contribution in [2.75, 3.05) is 0 Å².